The molecule has 2 amide bonds. The van der Waals surface area contributed by atoms with Crippen molar-refractivity contribution >= 4 is 36.9 Å². The number of rotatable bonds is 17. The monoisotopic (exact) mass is 990 g/mol. The van der Waals surface area contributed by atoms with Gasteiger partial charge in [-0.15, -0.1) is 0 Å². The molecule has 0 aromatic heterocycles. The van der Waals surface area contributed by atoms with Gasteiger partial charge in [-0.1, -0.05) is 61.9 Å². The molecule has 16 heteroatoms. The van der Waals surface area contributed by atoms with E-state index in [2.05, 4.69) is 17.6 Å². The molecule has 0 spiro atoms. The van der Waals surface area contributed by atoms with Crippen molar-refractivity contribution in [1.29, 1.82) is 0 Å². The number of fused-ring (bicyclic) bond motifs is 7. The first kappa shape index (κ1) is 53.9. The summed E-state index contributed by atoms with van der Waals surface area (Å²) in [4.78, 5) is 53.4. The van der Waals surface area contributed by atoms with Crippen LogP contribution in [-0.2, 0) is 57.9 Å². The average Bonchev–Trinajstić information content (AvgIpc) is 3.75. The number of ether oxygens (including phenoxy) is 3. The number of amides is 2. The lowest BCUT2D eigenvalue weighted by Crippen LogP contribution is -2.63. The van der Waals surface area contributed by atoms with E-state index in [1.807, 2.05) is 76.2 Å². The van der Waals surface area contributed by atoms with Gasteiger partial charge in [0.1, 0.15) is 12.6 Å². The van der Waals surface area contributed by atoms with Crippen molar-refractivity contribution in [2.75, 3.05) is 25.1 Å². The van der Waals surface area contributed by atoms with Gasteiger partial charge in [0.2, 0.25) is 11.8 Å². The Labute approximate surface area is 414 Å². The molecule has 0 unspecified atom stereocenters. The number of hydrogen-bond acceptors (Lipinski definition) is 13. The standard InChI is InChI=1S/C54H76N3O12P/c1-49(2,3)64-25-13-16-41(57-45(61)31-55)47(62)56-37-15-12-14-34(27-37)26-33-17-19-35(20-18-33)48-66-44-29-40-39-22-21-36-28-38(58)23-24-52(36,10)46(39)42(59)30-53(40,11)54(44,67-48)43(60)32-65-70(63,68-50(4,5)6)69-51(7,8)9/h12,14-15,17-20,23-24,27-28,39-42,44,46,48,59H,13,16,21-22,25-26,29-32,55H2,1-11H3,(H,56,62)(H,57,61)/t39-,40-,41-,42-,44+,46+,48+,52-,53-,54+/m0/s1. The van der Waals surface area contributed by atoms with Crippen LogP contribution in [0.1, 0.15) is 138 Å². The highest BCUT2D eigenvalue weighted by Gasteiger charge is 2.76. The number of nitrogens with one attached hydrogen (secondary N) is 2. The third-order valence-electron chi connectivity index (χ3n) is 14.6. The van der Waals surface area contributed by atoms with E-state index < -0.39 is 78.3 Å². The fraction of sp³-hybridized carbons (Fsp3) is 0.630. The molecular formula is C54H76N3O12P. The van der Waals surface area contributed by atoms with E-state index in [1.54, 1.807) is 59.8 Å². The van der Waals surface area contributed by atoms with Gasteiger partial charge in [0, 0.05) is 34.6 Å². The van der Waals surface area contributed by atoms with Gasteiger partial charge in [-0.25, -0.2) is 4.57 Å². The summed E-state index contributed by atoms with van der Waals surface area (Å²) in [6.45, 7) is 19.9. The van der Waals surface area contributed by atoms with Gasteiger partial charge < -0.3 is 35.7 Å². The number of nitrogens with two attached hydrogens (primary N) is 1. The molecule has 0 radical (unpaired) electrons. The number of aliphatic hydroxyl groups excluding tert-OH is 1. The highest BCUT2D eigenvalue weighted by atomic mass is 31.2. The molecule has 1 aliphatic heterocycles. The van der Waals surface area contributed by atoms with Crippen LogP contribution in [0.25, 0.3) is 0 Å². The molecule has 3 saturated carbocycles. The minimum atomic E-state index is -4.31. The number of hydrogen-bond donors (Lipinski definition) is 4. The number of Topliss-reactive ketones (excluding diaryl/α,β-unsaturated/α-hetero) is 1. The second-order valence-electron chi connectivity index (χ2n) is 23.3. The molecule has 1 heterocycles. The largest absolute Gasteiger partial charge is 0.476 e. The van der Waals surface area contributed by atoms with Gasteiger partial charge in [0.05, 0.1) is 35.6 Å². The van der Waals surface area contributed by atoms with Gasteiger partial charge in [0.15, 0.2) is 23.5 Å². The van der Waals surface area contributed by atoms with E-state index in [9.17, 15) is 24.1 Å². The molecular weight excluding hydrogens is 914 g/mol. The highest BCUT2D eigenvalue weighted by molar-refractivity contribution is 7.48. The normalized spacial score (nSPS) is 30.1. The second kappa shape index (κ2) is 20.2. The topological polar surface area (TPSA) is 211 Å². The minimum absolute atomic E-state index is 0.0156. The summed E-state index contributed by atoms with van der Waals surface area (Å²) in [5, 5.41) is 18.0. The molecule has 5 N–H and O–H groups in total. The number of phosphoric acid groups is 1. The van der Waals surface area contributed by atoms with Crippen molar-refractivity contribution in [3.63, 3.8) is 0 Å². The lowest BCUT2D eigenvalue weighted by molar-refractivity contribution is -0.201. The van der Waals surface area contributed by atoms with Gasteiger partial charge in [-0.05, 0) is 155 Å². The number of aliphatic hydroxyl groups is 1. The molecule has 384 valence electrons. The van der Waals surface area contributed by atoms with Crippen LogP contribution in [-0.4, -0.2) is 88.9 Å². The molecule has 2 aromatic rings. The third-order valence-corrected chi connectivity index (χ3v) is 16.6. The van der Waals surface area contributed by atoms with Crippen molar-refractivity contribution < 1.29 is 56.6 Å². The first-order chi connectivity index (χ1) is 32.6. The Bertz CT molecular complexity index is 2380. The number of ketones is 2. The van der Waals surface area contributed by atoms with Crippen LogP contribution in [0.3, 0.4) is 0 Å². The summed E-state index contributed by atoms with van der Waals surface area (Å²) >= 11 is 0. The van der Waals surface area contributed by atoms with Crippen molar-refractivity contribution in [3.05, 3.63) is 89.0 Å². The maximum absolute atomic E-state index is 15.2. The van der Waals surface area contributed by atoms with Crippen LogP contribution in [0.5, 0.6) is 0 Å². The van der Waals surface area contributed by atoms with Crippen molar-refractivity contribution in [1.82, 2.24) is 5.32 Å². The Balaban J connectivity index is 1.11. The van der Waals surface area contributed by atoms with E-state index in [0.29, 0.717) is 50.0 Å². The summed E-state index contributed by atoms with van der Waals surface area (Å²) in [6.07, 6.45) is 6.36. The SMILES string of the molecule is CC(C)(C)OCCC[C@H](NC(=O)CN)C(=O)Nc1cccc(Cc2ccc([C@@H]3O[C@@H]4C[C@H]5[C@@H]6CCC7=CC(=O)C=C[C@]7(C)[C@H]6[C@@H](O)C[C@]5(C)[C@]4(C(=O)COP(=O)(OC(C)(C)C)OC(C)(C)C)O3)cc2)c1. The molecule has 15 nitrogen and oxygen atoms in total. The van der Waals surface area contributed by atoms with Crippen molar-refractivity contribution in [3.8, 4) is 0 Å². The summed E-state index contributed by atoms with van der Waals surface area (Å²) in [6, 6.07) is 14.5. The maximum atomic E-state index is 15.2. The first-order valence-corrected chi connectivity index (χ1v) is 26.3. The zero-order valence-electron chi connectivity index (χ0n) is 42.9. The Morgan fingerprint density at radius 2 is 1.64 bits per heavy atom. The average molecular weight is 990 g/mol. The van der Waals surface area contributed by atoms with Crippen LogP contribution >= 0.6 is 7.82 Å². The van der Waals surface area contributed by atoms with Crippen LogP contribution < -0.4 is 16.4 Å². The fourth-order valence-electron chi connectivity index (χ4n) is 11.9. The Kier molecular flexibility index (Phi) is 15.6. The van der Waals surface area contributed by atoms with Crippen LogP contribution in [0.2, 0.25) is 0 Å². The lowest BCUT2D eigenvalue weighted by atomic mass is 9.46. The molecule has 70 heavy (non-hydrogen) atoms. The Morgan fingerprint density at radius 3 is 2.29 bits per heavy atom. The van der Waals surface area contributed by atoms with Crippen molar-refractivity contribution in [2.45, 2.75) is 168 Å². The first-order valence-electron chi connectivity index (χ1n) is 24.8. The smallest absolute Gasteiger partial charge is 0.393 e. The van der Waals surface area contributed by atoms with Crippen LogP contribution in [0, 0.1) is 28.6 Å². The van der Waals surface area contributed by atoms with Gasteiger partial charge >= 0.3 is 7.82 Å². The van der Waals surface area contributed by atoms with E-state index in [4.69, 9.17) is 33.5 Å². The highest BCUT2D eigenvalue weighted by Crippen LogP contribution is 2.71. The van der Waals surface area contributed by atoms with E-state index in [0.717, 1.165) is 23.1 Å². The van der Waals surface area contributed by atoms with Gasteiger partial charge in [-0.3, -0.25) is 32.7 Å². The number of benzene rings is 2. The zero-order valence-corrected chi connectivity index (χ0v) is 43.8. The Hall–Kier alpha value is -3.89. The van der Waals surface area contributed by atoms with E-state index in [-0.39, 0.29) is 48.0 Å². The van der Waals surface area contributed by atoms with Crippen molar-refractivity contribution in [2.24, 2.45) is 34.3 Å². The predicted molar refractivity (Wildman–Crippen MR) is 265 cm³/mol. The van der Waals surface area contributed by atoms with Crippen LogP contribution in [0.4, 0.5) is 5.69 Å². The maximum Gasteiger partial charge on any atom is 0.476 e. The van der Waals surface area contributed by atoms with E-state index in [1.165, 1.54) is 0 Å². The number of carbonyl (C=O) groups is 4. The summed E-state index contributed by atoms with van der Waals surface area (Å²) in [7, 11) is -4.31. The number of carbonyl (C=O) groups excluding carboxylic acids is 4. The molecule has 4 aliphatic carbocycles. The summed E-state index contributed by atoms with van der Waals surface area (Å²) in [5.41, 5.74) is 4.51. The fourth-order valence-corrected chi connectivity index (χ4v) is 13.7. The molecule has 5 aliphatic rings. The van der Waals surface area contributed by atoms with Crippen LogP contribution in [0.15, 0.2) is 72.3 Å². The molecule has 1 saturated heterocycles. The van der Waals surface area contributed by atoms with Gasteiger partial charge in [0.25, 0.3) is 0 Å². The van der Waals surface area contributed by atoms with Gasteiger partial charge in [-0.2, -0.15) is 0 Å². The predicted octanol–water partition coefficient (Wildman–Crippen LogP) is 8.62. The quantitative estimate of drug-likeness (QED) is 0.0865. The Morgan fingerprint density at radius 1 is 0.957 bits per heavy atom. The van der Waals surface area contributed by atoms with E-state index >= 15 is 4.79 Å². The molecule has 0 bridgehead atoms. The molecule has 10 atom stereocenters. The lowest BCUT2D eigenvalue weighted by Gasteiger charge is -2.59. The summed E-state index contributed by atoms with van der Waals surface area (Å²) in [5.74, 6) is -1.60. The molecule has 2 aromatic carbocycles. The minimum Gasteiger partial charge on any atom is -0.393 e. The number of anilines is 1. The third kappa shape index (κ3) is 11.6. The zero-order chi connectivity index (χ0) is 51.2. The molecule has 4 fully saturated rings. The molecule has 7 rings (SSSR count). The number of allylic oxidation sites excluding steroid dienone is 4. The second-order valence-corrected chi connectivity index (χ2v) is 24.9. The number of phosphoric ester groups is 1. The summed E-state index contributed by atoms with van der Waals surface area (Å²) < 4.78 is 51.8.